The van der Waals surface area contributed by atoms with E-state index >= 15 is 0 Å². The molecule has 1 rings (SSSR count). The third-order valence-corrected chi connectivity index (χ3v) is 2.89. The third-order valence-electron chi connectivity index (χ3n) is 2.89. The molecule has 2 N–H and O–H groups in total. The van der Waals surface area contributed by atoms with E-state index in [1.807, 2.05) is 6.92 Å². The molecule has 3 nitrogen and oxygen atoms in total. The van der Waals surface area contributed by atoms with Crippen molar-refractivity contribution in [3.05, 3.63) is 35.6 Å². The van der Waals surface area contributed by atoms with Crippen LogP contribution >= 0.6 is 0 Å². The van der Waals surface area contributed by atoms with Crippen molar-refractivity contribution < 1.29 is 14.3 Å². The monoisotopic (exact) mass is 253 g/mol. The first kappa shape index (κ1) is 14.6. The summed E-state index contributed by atoms with van der Waals surface area (Å²) in [6.07, 6.45) is 2.84. The molecule has 4 heteroatoms. The minimum Gasteiger partial charge on any atom is -0.481 e. The minimum atomic E-state index is -0.734. The Morgan fingerprint density at radius 3 is 2.56 bits per heavy atom. The van der Waals surface area contributed by atoms with Crippen LogP contribution in [0.2, 0.25) is 0 Å². The highest BCUT2D eigenvalue weighted by atomic mass is 19.1. The van der Waals surface area contributed by atoms with E-state index in [0.717, 1.165) is 31.4 Å². The number of benzene rings is 1. The summed E-state index contributed by atoms with van der Waals surface area (Å²) in [5.41, 5.74) is 1.06. The molecule has 0 saturated heterocycles. The molecule has 0 spiro atoms. The zero-order valence-corrected chi connectivity index (χ0v) is 10.7. The van der Waals surface area contributed by atoms with E-state index < -0.39 is 5.97 Å². The van der Waals surface area contributed by atoms with Crippen LogP contribution in [0.5, 0.6) is 0 Å². The fourth-order valence-corrected chi connectivity index (χ4v) is 1.77. The topological polar surface area (TPSA) is 49.3 Å². The van der Waals surface area contributed by atoms with Crippen LogP contribution in [0.4, 0.5) is 4.39 Å². The normalized spacial score (nSPS) is 12.3. The van der Waals surface area contributed by atoms with Gasteiger partial charge in [-0.25, -0.2) is 4.39 Å². The summed E-state index contributed by atoms with van der Waals surface area (Å²) in [6.45, 7) is 2.88. The van der Waals surface area contributed by atoms with Crippen molar-refractivity contribution in [2.24, 2.45) is 0 Å². The third kappa shape index (κ3) is 5.77. The molecule has 0 bridgehead atoms. The van der Waals surface area contributed by atoms with Gasteiger partial charge >= 0.3 is 5.97 Å². The Labute approximate surface area is 107 Å². The first-order valence-corrected chi connectivity index (χ1v) is 6.30. The lowest BCUT2D eigenvalue weighted by molar-refractivity contribution is -0.137. The van der Waals surface area contributed by atoms with Crippen LogP contribution in [0.15, 0.2) is 24.3 Å². The lowest BCUT2D eigenvalue weighted by Gasteiger charge is -2.14. The molecule has 0 radical (unpaired) electrons. The number of unbranched alkanes of at least 4 members (excludes halogenated alkanes) is 2. The molecule has 18 heavy (non-hydrogen) atoms. The number of rotatable bonds is 8. The van der Waals surface area contributed by atoms with Crippen LogP contribution in [-0.4, -0.2) is 17.6 Å². The van der Waals surface area contributed by atoms with Crippen molar-refractivity contribution in [1.82, 2.24) is 5.32 Å². The molecule has 1 atom stereocenters. The second kappa shape index (κ2) is 7.82. The van der Waals surface area contributed by atoms with Crippen LogP contribution < -0.4 is 5.32 Å². The minimum absolute atomic E-state index is 0.185. The number of nitrogens with one attached hydrogen (secondary N) is 1. The van der Waals surface area contributed by atoms with E-state index in [0.29, 0.717) is 0 Å². The lowest BCUT2D eigenvalue weighted by Crippen LogP contribution is -2.19. The average Bonchev–Trinajstić information content (AvgIpc) is 2.34. The molecule has 100 valence electrons. The van der Waals surface area contributed by atoms with Crippen LogP contribution in [0.3, 0.4) is 0 Å². The number of aliphatic carboxylic acids is 1. The fourth-order valence-electron chi connectivity index (χ4n) is 1.77. The van der Waals surface area contributed by atoms with Gasteiger partial charge in [0.15, 0.2) is 0 Å². The maximum atomic E-state index is 12.7. The van der Waals surface area contributed by atoms with Gasteiger partial charge in [0.1, 0.15) is 5.82 Å². The van der Waals surface area contributed by atoms with Gasteiger partial charge in [-0.3, -0.25) is 4.79 Å². The van der Waals surface area contributed by atoms with Crippen LogP contribution in [0, 0.1) is 5.82 Å². The lowest BCUT2D eigenvalue weighted by atomic mass is 10.1. The molecular weight excluding hydrogens is 233 g/mol. The predicted octanol–water partition coefficient (Wildman–Crippen LogP) is 3.12. The van der Waals surface area contributed by atoms with Gasteiger partial charge in [0.05, 0.1) is 0 Å². The van der Waals surface area contributed by atoms with Gasteiger partial charge in [0.25, 0.3) is 0 Å². The summed E-state index contributed by atoms with van der Waals surface area (Å²) in [5, 5.41) is 11.8. The summed E-state index contributed by atoms with van der Waals surface area (Å²) in [6, 6.07) is 6.65. The van der Waals surface area contributed by atoms with Crippen LogP contribution in [0.25, 0.3) is 0 Å². The second-order valence-corrected chi connectivity index (χ2v) is 4.43. The zero-order chi connectivity index (χ0) is 13.4. The van der Waals surface area contributed by atoms with Gasteiger partial charge in [-0.15, -0.1) is 0 Å². The summed E-state index contributed by atoms with van der Waals surface area (Å²) in [5.74, 6) is -0.956. The summed E-state index contributed by atoms with van der Waals surface area (Å²) in [4.78, 5) is 10.3. The summed E-state index contributed by atoms with van der Waals surface area (Å²) < 4.78 is 12.7. The maximum Gasteiger partial charge on any atom is 0.303 e. The molecule has 0 aromatic heterocycles. The zero-order valence-electron chi connectivity index (χ0n) is 10.7. The Balaban J connectivity index is 2.15. The van der Waals surface area contributed by atoms with Crippen molar-refractivity contribution in [2.75, 3.05) is 6.54 Å². The van der Waals surface area contributed by atoms with E-state index in [1.165, 1.54) is 12.1 Å². The van der Waals surface area contributed by atoms with Gasteiger partial charge in [-0.05, 0) is 44.0 Å². The van der Waals surface area contributed by atoms with Gasteiger partial charge in [0.2, 0.25) is 0 Å². The van der Waals surface area contributed by atoms with E-state index in [2.05, 4.69) is 5.32 Å². The Morgan fingerprint density at radius 2 is 1.94 bits per heavy atom. The highest BCUT2D eigenvalue weighted by Gasteiger charge is 2.04. The van der Waals surface area contributed by atoms with Crippen molar-refractivity contribution in [2.45, 2.75) is 38.6 Å². The number of carboxylic acid groups (broad SMARTS) is 1. The first-order chi connectivity index (χ1) is 8.59. The number of carboxylic acids is 1. The molecule has 0 fully saturated rings. The number of halogens is 1. The number of carbonyl (C=O) groups is 1. The Kier molecular flexibility index (Phi) is 6.36. The van der Waals surface area contributed by atoms with Gasteiger partial charge in [-0.2, -0.15) is 0 Å². The molecule has 1 aromatic rings. The molecule has 0 amide bonds. The maximum absolute atomic E-state index is 12.7. The molecule has 0 aliphatic rings. The highest BCUT2D eigenvalue weighted by molar-refractivity contribution is 5.66. The molecule has 0 heterocycles. The molecule has 1 aromatic carbocycles. The molecule has 0 aliphatic carbocycles. The summed E-state index contributed by atoms with van der Waals surface area (Å²) in [7, 11) is 0. The van der Waals surface area contributed by atoms with Crippen LogP contribution in [0.1, 0.15) is 44.2 Å². The van der Waals surface area contributed by atoms with Gasteiger partial charge < -0.3 is 10.4 Å². The Morgan fingerprint density at radius 1 is 1.28 bits per heavy atom. The van der Waals surface area contributed by atoms with Crippen molar-refractivity contribution in [3.63, 3.8) is 0 Å². The molecule has 0 aliphatic heterocycles. The standard InChI is InChI=1S/C14H20FNO2/c1-11(12-6-8-13(15)9-7-12)16-10-4-2-3-5-14(17)18/h6-9,11,16H,2-5,10H2,1H3,(H,17,18)/t11-/m0/s1. The largest absolute Gasteiger partial charge is 0.481 e. The average molecular weight is 253 g/mol. The molecular formula is C14H20FNO2. The predicted molar refractivity (Wildman–Crippen MR) is 68.9 cm³/mol. The van der Waals surface area contributed by atoms with E-state index in [9.17, 15) is 9.18 Å². The first-order valence-electron chi connectivity index (χ1n) is 6.30. The Bertz CT molecular complexity index is 365. The number of hydrogen-bond donors (Lipinski definition) is 2. The number of hydrogen-bond acceptors (Lipinski definition) is 2. The van der Waals surface area contributed by atoms with E-state index in [1.54, 1.807) is 12.1 Å². The second-order valence-electron chi connectivity index (χ2n) is 4.43. The van der Waals surface area contributed by atoms with Crippen molar-refractivity contribution in [1.29, 1.82) is 0 Å². The van der Waals surface area contributed by atoms with Crippen molar-refractivity contribution in [3.8, 4) is 0 Å². The van der Waals surface area contributed by atoms with Gasteiger partial charge in [-0.1, -0.05) is 18.6 Å². The van der Waals surface area contributed by atoms with Crippen molar-refractivity contribution >= 4 is 5.97 Å². The van der Waals surface area contributed by atoms with E-state index in [4.69, 9.17) is 5.11 Å². The highest BCUT2D eigenvalue weighted by Crippen LogP contribution is 2.12. The molecule has 0 unspecified atom stereocenters. The molecule has 0 saturated carbocycles. The SMILES string of the molecule is C[C@H](NCCCCCC(=O)O)c1ccc(F)cc1. The Hall–Kier alpha value is -1.42. The summed E-state index contributed by atoms with van der Waals surface area (Å²) >= 11 is 0. The smallest absolute Gasteiger partial charge is 0.303 e. The van der Waals surface area contributed by atoms with Crippen LogP contribution in [-0.2, 0) is 4.79 Å². The quantitative estimate of drug-likeness (QED) is 0.700. The fraction of sp³-hybridized carbons (Fsp3) is 0.500. The van der Waals surface area contributed by atoms with E-state index in [-0.39, 0.29) is 18.3 Å². The van der Waals surface area contributed by atoms with Gasteiger partial charge in [0, 0.05) is 12.5 Å².